The molecule has 5 nitrogen and oxygen atoms in total. The van der Waals surface area contributed by atoms with Gasteiger partial charge in [0.05, 0.1) is 18.3 Å². The van der Waals surface area contributed by atoms with Crippen LogP contribution in [-0.2, 0) is 4.79 Å². The topological polar surface area (TPSA) is 98.0 Å². The largest absolute Gasteiger partial charge is 0.481 e. The molecule has 5 atom stereocenters. The van der Waals surface area contributed by atoms with Crippen LogP contribution in [-0.4, -0.2) is 38.6 Å². The van der Waals surface area contributed by atoms with Gasteiger partial charge in [-0.2, -0.15) is 0 Å². The summed E-state index contributed by atoms with van der Waals surface area (Å²) in [6.45, 7) is 0. The Morgan fingerprint density at radius 3 is 2.50 bits per heavy atom. The molecule has 1 aliphatic rings. The first-order valence-corrected chi connectivity index (χ1v) is 11.6. The lowest BCUT2D eigenvalue weighted by Crippen LogP contribution is -2.23. The molecule has 0 spiro atoms. The molecule has 1 saturated carbocycles. The molecule has 1 aromatic heterocycles. The third-order valence-electron chi connectivity index (χ3n) is 6.30. The van der Waals surface area contributed by atoms with E-state index in [1.807, 2.05) is 6.07 Å². The average Bonchev–Trinajstić information content (AvgIpc) is 3.22. The summed E-state index contributed by atoms with van der Waals surface area (Å²) >= 11 is 1.38. The van der Waals surface area contributed by atoms with Crippen LogP contribution < -0.4 is 0 Å². The predicted molar refractivity (Wildman–Crippen MR) is 115 cm³/mol. The Morgan fingerprint density at radius 1 is 1.07 bits per heavy atom. The Balaban J connectivity index is 1.50. The first kappa shape index (κ1) is 23.1. The molecule has 0 radical (unpaired) electrons. The highest BCUT2D eigenvalue weighted by Crippen LogP contribution is 2.41. The van der Waals surface area contributed by atoms with Crippen molar-refractivity contribution in [2.24, 2.45) is 11.8 Å². The number of benzene rings is 1. The van der Waals surface area contributed by atoms with Gasteiger partial charge in [0.2, 0.25) is 0 Å². The van der Waals surface area contributed by atoms with Crippen molar-refractivity contribution < 1.29 is 29.6 Å². The van der Waals surface area contributed by atoms with E-state index in [4.69, 9.17) is 5.11 Å². The van der Waals surface area contributed by atoms with E-state index in [0.29, 0.717) is 25.7 Å². The van der Waals surface area contributed by atoms with Gasteiger partial charge in [-0.25, -0.2) is 4.39 Å². The van der Waals surface area contributed by atoms with E-state index < -0.39 is 24.3 Å². The molecule has 1 aromatic carbocycles. The Morgan fingerprint density at radius 2 is 1.77 bits per heavy atom. The Kier molecular flexibility index (Phi) is 8.22. The number of fused-ring (bicyclic) bond motifs is 1. The van der Waals surface area contributed by atoms with Crippen LogP contribution in [0.5, 0.6) is 0 Å². The molecule has 4 N–H and O–H groups in total. The fourth-order valence-corrected chi connectivity index (χ4v) is 5.78. The second-order valence-electron chi connectivity index (χ2n) is 8.47. The Hall–Kier alpha value is -1.54. The van der Waals surface area contributed by atoms with Crippen LogP contribution in [0.25, 0.3) is 10.1 Å². The highest BCUT2D eigenvalue weighted by atomic mass is 32.1. The van der Waals surface area contributed by atoms with Crippen molar-refractivity contribution in [2.45, 2.75) is 76.1 Å². The maximum atomic E-state index is 13.4. The summed E-state index contributed by atoms with van der Waals surface area (Å²) in [5.41, 5.74) is 0. The van der Waals surface area contributed by atoms with E-state index in [9.17, 15) is 24.5 Å². The molecule has 1 aliphatic carbocycles. The number of aliphatic hydroxyl groups is 3. The van der Waals surface area contributed by atoms with Crippen LogP contribution in [0.3, 0.4) is 0 Å². The molecular formula is C23H31FO5S. The molecule has 3 rings (SSSR count). The predicted octanol–water partition coefficient (Wildman–Crippen LogP) is 4.64. The maximum Gasteiger partial charge on any atom is 0.303 e. The van der Waals surface area contributed by atoms with Crippen LogP contribution in [0.4, 0.5) is 4.39 Å². The highest BCUT2D eigenvalue weighted by molar-refractivity contribution is 7.19. The standard InChI is InChI=1S/C23H31FO5S/c24-15-8-7-14-11-22(30-21(14)12-15)18(25)10-9-17-16(19(26)13-20(17)27)5-3-1-2-4-6-23(28)29/h7-8,11-12,16-20,25-27H,1-6,9-10,13H2,(H,28,29)/t16?,17-,18?,19+,20-/m1/s1. The van der Waals surface area contributed by atoms with Gasteiger partial charge in [0.1, 0.15) is 5.82 Å². The van der Waals surface area contributed by atoms with Crippen LogP contribution in [0.2, 0.25) is 0 Å². The zero-order chi connectivity index (χ0) is 21.7. The number of halogens is 1. The zero-order valence-electron chi connectivity index (χ0n) is 17.0. The van der Waals surface area contributed by atoms with E-state index in [2.05, 4.69) is 0 Å². The number of aliphatic hydroxyl groups excluding tert-OH is 3. The summed E-state index contributed by atoms with van der Waals surface area (Å²) in [4.78, 5) is 11.4. The quantitative estimate of drug-likeness (QED) is 0.383. The van der Waals surface area contributed by atoms with Gasteiger partial charge in [-0.05, 0) is 67.5 Å². The smallest absolute Gasteiger partial charge is 0.303 e. The van der Waals surface area contributed by atoms with Crippen LogP contribution in [0, 0.1) is 17.7 Å². The summed E-state index contributed by atoms with van der Waals surface area (Å²) in [5, 5.41) is 41.0. The van der Waals surface area contributed by atoms with Gasteiger partial charge in [-0.3, -0.25) is 4.79 Å². The van der Waals surface area contributed by atoms with E-state index in [1.54, 1.807) is 6.07 Å². The second kappa shape index (κ2) is 10.7. The number of carboxylic acid groups (broad SMARTS) is 1. The monoisotopic (exact) mass is 438 g/mol. The van der Waals surface area contributed by atoms with Gasteiger partial charge >= 0.3 is 5.97 Å². The van der Waals surface area contributed by atoms with Crippen molar-refractivity contribution in [3.8, 4) is 0 Å². The number of rotatable bonds is 11. The van der Waals surface area contributed by atoms with E-state index in [0.717, 1.165) is 40.6 Å². The van der Waals surface area contributed by atoms with Crippen LogP contribution in [0.15, 0.2) is 24.3 Å². The third-order valence-corrected chi connectivity index (χ3v) is 7.50. The van der Waals surface area contributed by atoms with Gasteiger partial charge in [-0.1, -0.05) is 25.3 Å². The molecular weight excluding hydrogens is 407 g/mol. The molecule has 1 heterocycles. The van der Waals surface area contributed by atoms with E-state index >= 15 is 0 Å². The first-order valence-electron chi connectivity index (χ1n) is 10.8. The van der Waals surface area contributed by atoms with Crippen molar-refractivity contribution in [1.29, 1.82) is 0 Å². The van der Waals surface area contributed by atoms with E-state index in [-0.39, 0.29) is 24.1 Å². The number of hydrogen-bond donors (Lipinski definition) is 4. The highest BCUT2D eigenvalue weighted by Gasteiger charge is 2.40. The summed E-state index contributed by atoms with van der Waals surface area (Å²) in [6, 6.07) is 6.48. The SMILES string of the molecule is O=C(O)CCCCCCC1[C@@H](CCC(O)c2cc3ccc(F)cc3s2)[C@H](O)C[C@@H]1O. The lowest BCUT2D eigenvalue weighted by atomic mass is 9.84. The summed E-state index contributed by atoms with van der Waals surface area (Å²) in [7, 11) is 0. The molecule has 0 aliphatic heterocycles. The lowest BCUT2D eigenvalue weighted by Gasteiger charge is -2.24. The molecule has 2 aromatic rings. The number of hydrogen-bond acceptors (Lipinski definition) is 5. The Labute approximate surface area is 180 Å². The first-order chi connectivity index (χ1) is 14.3. The Bertz CT molecular complexity index is 838. The molecule has 0 amide bonds. The van der Waals surface area contributed by atoms with Gasteiger partial charge in [0.25, 0.3) is 0 Å². The summed E-state index contributed by atoms with van der Waals surface area (Å²) < 4.78 is 14.2. The van der Waals surface area contributed by atoms with Crippen molar-refractivity contribution in [3.63, 3.8) is 0 Å². The molecule has 166 valence electrons. The average molecular weight is 439 g/mol. The number of thiophene rings is 1. The number of unbranched alkanes of at least 4 members (excludes halogenated alkanes) is 3. The third kappa shape index (κ3) is 6.00. The number of aliphatic carboxylic acids is 1. The maximum absolute atomic E-state index is 13.4. The number of carboxylic acids is 1. The summed E-state index contributed by atoms with van der Waals surface area (Å²) in [6.07, 6.45) is 4.02. The van der Waals surface area contributed by atoms with Gasteiger partial charge < -0.3 is 20.4 Å². The van der Waals surface area contributed by atoms with Crippen molar-refractivity contribution in [3.05, 3.63) is 35.0 Å². The molecule has 1 fully saturated rings. The minimum Gasteiger partial charge on any atom is -0.481 e. The minimum atomic E-state index is -0.772. The molecule has 0 saturated heterocycles. The molecule has 2 unspecified atom stereocenters. The van der Waals surface area contributed by atoms with Gasteiger partial charge in [0.15, 0.2) is 0 Å². The molecule has 7 heteroatoms. The number of carbonyl (C=O) groups is 1. The van der Waals surface area contributed by atoms with Gasteiger partial charge in [0, 0.05) is 16.0 Å². The molecule has 30 heavy (non-hydrogen) atoms. The molecule has 0 bridgehead atoms. The summed E-state index contributed by atoms with van der Waals surface area (Å²) in [5.74, 6) is -1.12. The lowest BCUT2D eigenvalue weighted by molar-refractivity contribution is -0.137. The normalized spacial score (nSPS) is 25.1. The van der Waals surface area contributed by atoms with E-state index in [1.165, 1.54) is 23.5 Å². The second-order valence-corrected chi connectivity index (χ2v) is 9.58. The van der Waals surface area contributed by atoms with Crippen molar-refractivity contribution in [1.82, 2.24) is 0 Å². The van der Waals surface area contributed by atoms with Crippen molar-refractivity contribution in [2.75, 3.05) is 0 Å². The van der Waals surface area contributed by atoms with Crippen molar-refractivity contribution >= 4 is 27.4 Å². The van der Waals surface area contributed by atoms with Gasteiger partial charge in [-0.15, -0.1) is 11.3 Å². The fourth-order valence-electron chi connectivity index (χ4n) is 4.67. The zero-order valence-corrected chi connectivity index (χ0v) is 17.9. The minimum absolute atomic E-state index is 0.00294. The van der Waals surface area contributed by atoms with Crippen LogP contribution in [0.1, 0.15) is 68.8 Å². The van der Waals surface area contributed by atoms with Crippen LogP contribution >= 0.6 is 11.3 Å². The fraction of sp³-hybridized carbons (Fsp3) is 0.609.